The lowest BCUT2D eigenvalue weighted by atomic mass is 9.58. The maximum Gasteiger partial charge on any atom is 0.316 e. The highest BCUT2D eigenvalue weighted by Gasteiger charge is 2.48. The van der Waals surface area contributed by atoms with Crippen molar-refractivity contribution in [3.63, 3.8) is 0 Å². The van der Waals surface area contributed by atoms with E-state index in [1.807, 2.05) is 26.0 Å². The van der Waals surface area contributed by atoms with Crippen LogP contribution in [-0.4, -0.2) is 24.0 Å². The van der Waals surface area contributed by atoms with Gasteiger partial charge in [-0.25, -0.2) is 8.78 Å². The molecule has 0 aliphatic heterocycles. The largest absolute Gasteiger partial charge is 0.426 e. The summed E-state index contributed by atoms with van der Waals surface area (Å²) in [6.07, 6.45) is 11.4. The highest BCUT2D eigenvalue weighted by atomic mass is 19.1. The van der Waals surface area contributed by atoms with Gasteiger partial charge in [0.2, 0.25) is 0 Å². The fraction of sp³-hybridized carbons (Fsp3) is 0.674. The molecule has 1 unspecified atom stereocenters. The lowest BCUT2D eigenvalue weighted by molar-refractivity contribution is -0.144. The molecule has 6 rings (SSSR count). The van der Waals surface area contributed by atoms with Crippen LogP contribution in [0.3, 0.4) is 0 Å². The van der Waals surface area contributed by atoms with Crippen LogP contribution in [0.5, 0.6) is 11.5 Å². The third kappa shape index (κ3) is 7.25. The van der Waals surface area contributed by atoms with Crippen molar-refractivity contribution in [1.82, 2.24) is 0 Å². The number of hydrogen-bond acceptors (Lipinski definition) is 6. The van der Waals surface area contributed by atoms with E-state index in [9.17, 15) is 9.59 Å². The van der Waals surface area contributed by atoms with Crippen LogP contribution in [0.4, 0.5) is 8.78 Å². The molecule has 0 radical (unpaired) electrons. The van der Waals surface area contributed by atoms with Gasteiger partial charge in [0.15, 0.2) is 0 Å². The molecule has 2 saturated carbocycles. The van der Waals surface area contributed by atoms with E-state index in [-0.39, 0.29) is 58.4 Å². The number of carbonyl (C=O) groups excluding carboxylic acids is 2. The molecule has 0 heterocycles. The monoisotopic (exact) mass is 706 g/mol. The van der Waals surface area contributed by atoms with Crippen LogP contribution in [0.1, 0.15) is 141 Å². The molecule has 4 bridgehead atoms. The van der Waals surface area contributed by atoms with Gasteiger partial charge in [-0.15, -0.1) is 0 Å². The van der Waals surface area contributed by atoms with E-state index in [1.165, 1.54) is 12.1 Å². The maximum atomic E-state index is 15.7. The van der Waals surface area contributed by atoms with Gasteiger partial charge >= 0.3 is 11.9 Å². The van der Waals surface area contributed by atoms with Crippen molar-refractivity contribution < 1.29 is 27.8 Å². The van der Waals surface area contributed by atoms with Crippen LogP contribution in [-0.2, 0) is 33.3 Å². The summed E-state index contributed by atoms with van der Waals surface area (Å²) in [7, 11) is 0. The fourth-order valence-electron chi connectivity index (χ4n) is 9.88. The number of hydrogen-bond donors (Lipinski definition) is 2. The Kier molecular flexibility index (Phi) is 10.3. The SMILES string of the molecule is CC(C)(C)C(=O)Oc1cc(F)c2c(c1)[C@@]1(C)CCCC(CCC(C)(C)C(=O)Oc3cc(F)c4c(c3)[C@@]3(C)CCCCC[C@@H](C4)[C@@H]3N)C[C@@H](C2)[C@@H]1N. The van der Waals surface area contributed by atoms with Crippen LogP contribution in [0.25, 0.3) is 0 Å². The zero-order valence-electron chi connectivity index (χ0n) is 31.9. The number of nitrogens with two attached hydrogens (primary N) is 2. The number of fused-ring (bicyclic) bond motifs is 8. The summed E-state index contributed by atoms with van der Waals surface area (Å²) in [5.74, 6) is -0.261. The van der Waals surface area contributed by atoms with Crippen molar-refractivity contribution in [2.75, 3.05) is 0 Å². The third-order valence-corrected chi connectivity index (χ3v) is 13.5. The molecule has 2 aromatic rings. The first-order valence-electron chi connectivity index (χ1n) is 19.4. The Morgan fingerprint density at radius 2 is 1.27 bits per heavy atom. The summed E-state index contributed by atoms with van der Waals surface area (Å²) in [6.45, 7) is 13.4. The quantitative estimate of drug-likeness (QED) is 0.230. The second-order valence-corrected chi connectivity index (χ2v) is 18.7. The summed E-state index contributed by atoms with van der Waals surface area (Å²) in [5.41, 5.74) is 14.8. The highest BCUT2D eigenvalue weighted by Crippen LogP contribution is 2.50. The van der Waals surface area contributed by atoms with Gasteiger partial charge in [-0.2, -0.15) is 0 Å². The van der Waals surface area contributed by atoms with Crippen LogP contribution in [0.15, 0.2) is 24.3 Å². The average molecular weight is 707 g/mol. The first kappa shape index (κ1) is 37.9. The second kappa shape index (κ2) is 13.9. The first-order chi connectivity index (χ1) is 23.8. The van der Waals surface area contributed by atoms with Crippen LogP contribution < -0.4 is 20.9 Å². The smallest absolute Gasteiger partial charge is 0.316 e. The minimum atomic E-state index is -0.789. The lowest BCUT2D eigenvalue weighted by Crippen LogP contribution is -2.53. The van der Waals surface area contributed by atoms with E-state index in [2.05, 4.69) is 13.8 Å². The molecule has 0 spiro atoms. The predicted octanol–water partition coefficient (Wildman–Crippen LogP) is 9.00. The van der Waals surface area contributed by atoms with E-state index in [4.69, 9.17) is 20.9 Å². The Bertz CT molecular complexity index is 1670. The molecular formula is C43H60F2N2O4. The number of rotatable bonds is 6. The van der Waals surface area contributed by atoms with Gasteiger partial charge in [0.1, 0.15) is 23.1 Å². The van der Waals surface area contributed by atoms with E-state index >= 15 is 8.78 Å². The summed E-state index contributed by atoms with van der Waals surface area (Å²) < 4.78 is 43.0. The van der Waals surface area contributed by atoms with Crippen molar-refractivity contribution in [3.8, 4) is 11.5 Å². The van der Waals surface area contributed by atoms with E-state index in [0.717, 1.165) is 80.9 Å². The van der Waals surface area contributed by atoms with Crippen molar-refractivity contribution in [2.24, 2.45) is 40.1 Å². The summed E-state index contributed by atoms with van der Waals surface area (Å²) in [4.78, 5) is 26.3. The van der Waals surface area contributed by atoms with Gasteiger partial charge in [-0.05, 0) is 138 Å². The topological polar surface area (TPSA) is 105 Å². The molecule has 6 nitrogen and oxygen atoms in total. The number of benzene rings is 2. The lowest BCUT2D eigenvalue weighted by Gasteiger charge is -2.48. The normalized spacial score (nSPS) is 30.8. The predicted molar refractivity (Wildman–Crippen MR) is 197 cm³/mol. The zero-order valence-corrected chi connectivity index (χ0v) is 31.9. The molecule has 4 N–H and O–H groups in total. The first-order valence-corrected chi connectivity index (χ1v) is 19.4. The molecule has 0 amide bonds. The van der Waals surface area contributed by atoms with Gasteiger partial charge in [-0.3, -0.25) is 9.59 Å². The van der Waals surface area contributed by atoms with Gasteiger partial charge < -0.3 is 20.9 Å². The minimum absolute atomic E-state index is 0.0495. The molecule has 51 heavy (non-hydrogen) atoms. The third-order valence-electron chi connectivity index (χ3n) is 13.5. The van der Waals surface area contributed by atoms with Crippen LogP contribution >= 0.6 is 0 Å². The van der Waals surface area contributed by atoms with Gasteiger partial charge in [0, 0.05) is 35.0 Å². The van der Waals surface area contributed by atoms with Crippen LogP contribution in [0.2, 0.25) is 0 Å². The van der Waals surface area contributed by atoms with E-state index < -0.39 is 22.2 Å². The number of ether oxygens (including phenoxy) is 2. The minimum Gasteiger partial charge on any atom is -0.426 e. The Morgan fingerprint density at radius 1 is 0.745 bits per heavy atom. The Hall–Kier alpha value is -2.84. The molecule has 280 valence electrons. The highest BCUT2D eigenvalue weighted by molar-refractivity contribution is 5.79. The number of halogens is 2. The van der Waals surface area contributed by atoms with Crippen molar-refractivity contribution in [3.05, 3.63) is 58.2 Å². The van der Waals surface area contributed by atoms with E-state index in [0.29, 0.717) is 30.7 Å². The molecule has 2 fully saturated rings. The summed E-state index contributed by atoms with van der Waals surface area (Å²) in [5, 5.41) is 0. The Balaban J connectivity index is 1.14. The van der Waals surface area contributed by atoms with Crippen LogP contribution in [0, 0.1) is 40.2 Å². The molecule has 0 saturated heterocycles. The molecule has 7 atom stereocenters. The molecule has 2 aromatic carbocycles. The second-order valence-electron chi connectivity index (χ2n) is 18.7. The Morgan fingerprint density at radius 3 is 1.86 bits per heavy atom. The Labute approximate surface area is 303 Å². The van der Waals surface area contributed by atoms with Crippen molar-refractivity contribution in [2.45, 2.75) is 155 Å². The molecule has 0 aromatic heterocycles. The standard InChI is InChI=1S/C43H60F2N2O4/c1-40(2,3)38(48)50-28-21-33-31(35(45)23-28)20-27-18-25(12-11-16-43(33,7)37(27)47)14-17-41(4,5)39(49)51-29-22-32-30(34(44)24-29)19-26-13-9-8-10-15-42(32,6)36(26)46/h21-27,36-37H,8-20,46-47H2,1-7H3/t25?,26-,27-,36-,37-,42+,43+/m0/s1. The molecular weight excluding hydrogens is 646 g/mol. The van der Waals surface area contributed by atoms with Gasteiger partial charge in [0.25, 0.3) is 0 Å². The van der Waals surface area contributed by atoms with Gasteiger partial charge in [-0.1, -0.05) is 46.0 Å². The fourth-order valence-corrected chi connectivity index (χ4v) is 9.88. The van der Waals surface area contributed by atoms with Crippen molar-refractivity contribution >= 4 is 11.9 Å². The number of esters is 2. The molecule has 4 aliphatic carbocycles. The zero-order chi connectivity index (χ0) is 37.1. The molecule has 4 aliphatic rings. The summed E-state index contributed by atoms with van der Waals surface area (Å²) in [6, 6.07) is 6.22. The van der Waals surface area contributed by atoms with E-state index in [1.54, 1.807) is 20.8 Å². The van der Waals surface area contributed by atoms with Gasteiger partial charge in [0.05, 0.1) is 10.8 Å². The number of carbonyl (C=O) groups is 2. The average Bonchev–Trinajstić information content (AvgIpc) is 3.04. The molecule has 8 heteroatoms. The van der Waals surface area contributed by atoms with Crippen molar-refractivity contribution in [1.29, 1.82) is 0 Å². The summed E-state index contributed by atoms with van der Waals surface area (Å²) >= 11 is 0. The maximum absolute atomic E-state index is 15.7.